The van der Waals surface area contributed by atoms with Crippen LogP contribution in [0.15, 0.2) is 29.4 Å². The van der Waals surface area contributed by atoms with Crippen LogP contribution in [0.4, 0.5) is 0 Å². The summed E-state index contributed by atoms with van der Waals surface area (Å²) in [5, 5.41) is 10.3. The number of thioether (sulfide) groups is 1. The fourth-order valence-corrected chi connectivity index (χ4v) is 4.57. The molecule has 0 spiro atoms. The number of likely N-dealkylation sites (tertiary alicyclic amines) is 1. The second-order valence-electron chi connectivity index (χ2n) is 7.32. The zero-order valence-corrected chi connectivity index (χ0v) is 18.3. The summed E-state index contributed by atoms with van der Waals surface area (Å²) in [6, 6.07) is 7.70. The summed E-state index contributed by atoms with van der Waals surface area (Å²) < 4.78 is 2.16. The van der Waals surface area contributed by atoms with Crippen LogP contribution in [0, 0.1) is 0 Å². The third-order valence-electron chi connectivity index (χ3n) is 5.10. The lowest BCUT2D eigenvalue weighted by Crippen LogP contribution is -2.34. The fourth-order valence-electron chi connectivity index (χ4n) is 3.49. The lowest BCUT2D eigenvalue weighted by atomic mass is 10.2. The Kier molecular flexibility index (Phi) is 7.80. The van der Waals surface area contributed by atoms with Crippen molar-refractivity contribution in [3.8, 4) is 11.4 Å². The van der Waals surface area contributed by atoms with E-state index in [1.165, 1.54) is 31.0 Å². The number of carbonyl (C=O) groups is 1. The first-order chi connectivity index (χ1) is 13.6. The van der Waals surface area contributed by atoms with Gasteiger partial charge in [-0.2, -0.15) is 0 Å². The number of hydrogen-bond acceptors (Lipinski definition) is 4. The largest absolute Gasteiger partial charge is 0.342 e. The van der Waals surface area contributed by atoms with Gasteiger partial charge in [0.15, 0.2) is 11.0 Å². The van der Waals surface area contributed by atoms with Crippen molar-refractivity contribution in [2.45, 2.75) is 69.3 Å². The van der Waals surface area contributed by atoms with Crippen LogP contribution in [-0.2, 0) is 11.3 Å². The maximum Gasteiger partial charge on any atom is 0.235 e. The van der Waals surface area contributed by atoms with E-state index in [4.69, 9.17) is 11.6 Å². The number of amides is 1. The molecule has 1 saturated heterocycles. The third kappa shape index (κ3) is 5.29. The first-order valence-corrected chi connectivity index (χ1v) is 11.5. The molecule has 0 aliphatic carbocycles. The summed E-state index contributed by atoms with van der Waals surface area (Å²) in [5.41, 5.74) is 0.998. The first kappa shape index (κ1) is 21.2. The Labute approximate surface area is 176 Å². The molecule has 1 aromatic carbocycles. The summed E-state index contributed by atoms with van der Waals surface area (Å²) in [5.74, 6) is 1.05. The van der Waals surface area contributed by atoms with Gasteiger partial charge in [-0.1, -0.05) is 49.5 Å². The standard InChI is InChI=1S/C21H29ClN4OS/c1-3-4-5-6-15-26-19(17-9-11-18(22)12-10-17)23-24-21(26)28-16(2)20(27)25-13-7-8-14-25/h9-12,16H,3-8,13-15H2,1-2H3. The zero-order valence-electron chi connectivity index (χ0n) is 16.7. The Hall–Kier alpha value is -1.53. The molecule has 0 radical (unpaired) electrons. The van der Waals surface area contributed by atoms with Crippen LogP contribution in [0.3, 0.4) is 0 Å². The molecule has 2 heterocycles. The van der Waals surface area contributed by atoms with Gasteiger partial charge in [0, 0.05) is 30.2 Å². The van der Waals surface area contributed by atoms with Crippen LogP contribution in [-0.4, -0.2) is 43.9 Å². The average molecular weight is 421 g/mol. The first-order valence-electron chi connectivity index (χ1n) is 10.2. The molecular formula is C21H29ClN4OS. The predicted octanol–water partition coefficient (Wildman–Crippen LogP) is 5.28. The maximum atomic E-state index is 12.7. The second kappa shape index (κ2) is 10.3. The monoisotopic (exact) mass is 420 g/mol. The second-order valence-corrected chi connectivity index (χ2v) is 9.06. The van der Waals surface area contributed by atoms with Crippen LogP contribution in [0.5, 0.6) is 0 Å². The third-order valence-corrected chi connectivity index (χ3v) is 6.42. The van der Waals surface area contributed by atoms with Crippen molar-refractivity contribution >= 4 is 29.3 Å². The van der Waals surface area contributed by atoms with E-state index in [0.717, 1.165) is 55.4 Å². The molecule has 28 heavy (non-hydrogen) atoms. The zero-order chi connectivity index (χ0) is 19.9. The van der Waals surface area contributed by atoms with E-state index in [9.17, 15) is 4.79 Å². The Bertz CT molecular complexity index is 771. The molecule has 0 bridgehead atoms. The van der Waals surface area contributed by atoms with Crippen LogP contribution < -0.4 is 0 Å². The predicted molar refractivity (Wildman–Crippen MR) is 116 cm³/mol. The van der Waals surface area contributed by atoms with E-state index in [1.54, 1.807) is 0 Å². The number of aromatic nitrogens is 3. The maximum absolute atomic E-state index is 12.7. The average Bonchev–Trinajstić information content (AvgIpc) is 3.36. The molecule has 7 heteroatoms. The number of rotatable bonds is 9. The van der Waals surface area contributed by atoms with Crippen molar-refractivity contribution in [3.63, 3.8) is 0 Å². The molecule has 1 unspecified atom stereocenters. The highest BCUT2D eigenvalue weighted by molar-refractivity contribution is 8.00. The van der Waals surface area contributed by atoms with Gasteiger partial charge in [-0.3, -0.25) is 4.79 Å². The Morgan fingerprint density at radius 3 is 2.54 bits per heavy atom. The molecule has 1 fully saturated rings. The molecule has 1 amide bonds. The summed E-state index contributed by atoms with van der Waals surface area (Å²) >= 11 is 7.56. The molecule has 2 aromatic rings. The SMILES string of the molecule is CCCCCCn1c(SC(C)C(=O)N2CCCC2)nnc1-c1ccc(Cl)cc1. The Balaban J connectivity index is 1.78. The van der Waals surface area contributed by atoms with Gasteiger partial charge >= 0.3 is 0 Å². The van der Waals surface area contributed by atoms with Crippen LogP contribution in [0.1, 0.15) is 52.4 Å². The lowest BCUT2D eigenvalue weighted by Gasteiger charge is -2.20. The number of unbranched alkanes of at least 4 members (excludes halogenated alkanes) is 3. The molecule has 1 aliphatic rings. The van der Waals surface area contributed by atoms with E-state index in [2.05, 4.69) is 21.7 Å². The number of nitrogens with zero attached hydrogens (tertiary/aromatic N) is 4. The molecule has 1 aromatic heterocycles. The fraction of sp³-hybridized carbons (Fsp3) is 0.571. The number of benzene rings is 1. The van der Waals surface area contributed by atoms with Crippen LogP contribution in [0.25, 0.3) is 11.4 Å². The normalized spacial score (nSPS) is 15.2. The molecule has 5 nitrogen and oxygen atoms in total. The van der Waals surface area contributed by atoms with Crippen molar-refractivity contribution in [1.29, 1.82) is 0 Å². The summed E-state index contributed by atoms with van der Waals surface area (Å²) in [7, 11) is 0. The van der Waals surface area contributed by atoms with Crippen molar-refractivity contribution in [2.75, 3.05) is 13.1 Å². The Morgan fingerprint density at radius 1 is 1.14 bits per heavy atom. The number of halogens is 1. The van der Waals surface area contributed by atoms with Crippen LogP contribution in [0.2, 0.25) is 5.02 Å². The minimum Gasteiger partial charge on any atom is -0.342 e. The molecule has 152 valence electrons. The van der Waals surface area contributed by atoms with Gasteiger partial charge in [-0.25, -0.2) is 0 Å². The molecule has 0 saturated carbocycles. The van der Waals surface area contributed by atoms with E-state index < -0.39 is 0 Å². The highest BCUT2D eigenvalue weighted by Gasteiger charge is 2.26. The molecule has 1 atom stereocenters. The molecular weight excluding hydrogens is 392 g/mol. The van der Waals surface area contributed by atoms with Gasteiger partial charge in [0.05, 0.1) is 5.25 Å². The minimum atomic E-state index is -0.158. The van der Waals surface area contributed by atoms with E-state index in [0.29, 0.717) is 5.02 Å². The van der Waals surface area contributed by atoms with Gasteiger partial charge in [0.2, 0.25) is 5.91 Å². The summed E-state index contributed by atoms with van der Waals surface area (Å²) in [4.78, 5) is 14.7. The highest BCUT2D eigenvalue weighted by atomic mass is 35.5. The smallest absolute Gasteiger partial charge is 0.235 e. The molecule has 1 aliphatic heterocycles. The van der Waals surface area contributed by atoms with Crippen LogP contribution >= 0.6 is 23.4 Å². The van der Waals surface area contributed by atoms with E-state index >= 15 is 0 Å². The highest BCUT2D eigenvalue weighted by Crippen LogP contribution is 2.29. The molecule has 3 rings (SSSR count). The van der Waals surface area contributed by atoms with Gasteiger partial charge in [-0.05, 0) is 50.5 Å². The minimum absolute atomic E-state index is 0.158. The van der Waals surface area contributed by atoms with Gasteiger partial charge in [0.25, 0.3) is 0 Å². The quantitative estimate of drug-likeness (QED) is 0.409. The van der Waals surface area contributed by atoms with Crippen molar-refractivity contribution in [1.82, 2.24) is 19.7 Å². The topological polar surface area (TPSA) is 51.0 Å². The van der Waals surface area contributed by atoms with Gasteiger partial charge in [0.1, 0.15) is 0 Å². The number of hydrogen-bond donors (Lipinski definition) is 0. The van der Waals surface area contributed by atoms with Crippen molar-refractivity contribution < 1.29 is 4.79 Å². The summed E-state index contributed by atoms with van der Waals surface area (Å²) in [6.45, 7) is 6.80. The van der Waals surface area contributed by atoms with E-state index in [-0.39, 0.29) is 11.2 Å². The number of carbonyl (C=O) groups excluding carboxylic acids is 1. The van der Waals surface area contributed by atoms with Crippen molar-refractivity contribution in [2.24, 2.45) is 0 Å². The van der Waals surface area contributed by atoms with Gasteiger partial charge < -0.3 is 9.47 Å². The van der Waals surface area contributed by atoms with Crippen molar-refractivity contribution in [3.05, 3.63) is 29.3 Å². The summed E-state index contributed by atoms with van der Waals surface area (Å²) in [6.07, 6.45) is 6.91. The Morgan fingerprint density at radius 2 is 1.86 bits per heavy atom. The lowest BCUT2D eigenvalue weighted by molar-refractivity contribution is -0.129. The van der Waals surface area contributed by atoms with E-state index in [1.807, 2.05) is 36.1 Å². The van der Waals surface area contributed by atoms with Gasteiger partial charge in [-0.15, -0.1) is 10.2 Å². The molecule has 0 N–H and O–H groups in total.